The van der Waals surface area contributed by atoms with Crippen LogP contribution in [-0.4, -0.2) is 80.9 Å². The Morgan fingerprint density at radius 2 is 0.965 bits per heavy atom. The van der Waals surface area contributed by atoms with Crippen molar-refractivity contribution in [2.45, 2.75) is 215 Å². The minimum Gasteiger partial charge on any atom is -0.466 e. The minimum atomic E-state index is -0.380. The van der Waals surface area contributed by atoms with Crippen LogP contribution in [0.3, 0.4) is 0 Å². The van der Waals surface area contributed by atoms with Gasteiger partial charge in [-0.1, -0.05) is 115 Å². The molecule has 0 saturated carbocycles. The summed E-state index contributed by atoms with van der Waals surface area (Å²) in [5.74, 6) is 0.936. The molecule has 0 spiro atoms. The zero-order chi connectivity index (χ0) is 42.2. The second-order valence-corrected chi connectivity index (χ2v) is 17.3. The Kier molecular flexibility index (Phi) is 39.8. The molecule has 2 atom stereocenters. The fraction of sp³-hybridized carbons (Fsp3) is 0.878. The van der Waals surface area contributed by atoms with Crippen molar-refractivity contribution in [2.75, 3.05) is 52.7 Å². The normalized spacial score (nSPS) is 13.0. The average molecular weight is 808 g/mol. The van der Waals surface area contributed by atoms with Crippen molar-refractivity contribution in [1.29, 1.82) is 0 Å². The van der Waals surface area contributed by atoms with Crippen LogP contribution in [0.1, 0.15) is 209 Å². The van der Waals surface area contributed by atoms with Gasteiger partial charge in [0.05, 0.1) is 26.2 Å². The van der Waals surface area contributed by atoms with Crippen LogP contribution < -0.4 is 0 Å². The van der Waals surface area contributed by atoms with E-state index in [2.05, 4.69) is 65.5 Å². The van der Waals surface area contributed by atoms with Gasteiger partial charge in [-0.2, -0.15) is 0 Å². The Labute approximate surface area is 352 Å². The SMILES string of the molecule is CCCCCCCCCOC(=O)CCCCCCCN(CCO)CCCCCCOC(=O)CCC(OCCC(C)CCC=C(C)C)OCCC(C)CCC=C(C)C. The molecular weight excluding hydrogens is 715 g/mol. The summed E-state index contributed by atoms with van der Waals surface area (Å²) in [5, 5.41) is 9.56. The Hall–Kier alpha value is -1.74. The largest absolute Gasteiger partial charge is 0.466 e. The van der Waals surface area contributed by atoms with E-state index in [4.69, 9.17) is 18.9 Å². The monoisotopic (exact) mass is 808 g/mol. The molecule has 0 bridgehead atoms. The predicted octanol–water partition coefficient (Wildman–Crippen LogP) is 12.7. The molecule has 8 nitrogen and oxygen atoms in total. The third kappa shape index (κ3) is 40.8. The average Bonchev–Trinajstić information content (AvgIpc) is 3.16. The molecule has 0 saturated heterocycles. The van der Waals surface area contributed by atoms with Gasteiger partial charge in [0.1, 0.15) is 0 Å². The number of nitrogens with zero attached hydrogens (tertiary/aromatic N) is 1. The summed E-state index contributed by atoms with van der Waals surface area (Å²) >= 11 is 0. The van der Waals surface area contributed by atoms with Gasteiger partial charge in [-0.15, -0.1) is 0 Å². The second kappa shape index (κ2) is 41.0. The van der Waals surface area contributed by atoms with Crippen molar-refractivity contribution in [3.8, 4) is 0 Å². The Morgan fingerprint density at radius 3 is 1.44 bits per heavy atom. The number of esters is 2. The number of hydrogen-bond acceptors (Lipinski definition) is 8. The Bertz CT molecular complexity index is 941. The van der Waals surface area contributed by atoms with E-state index < -0.39 is 0 Å². The molecule has 0 amide bonds. The van der Waals surface area contributed by atoms with Crippen LogP contribution in [0.2, 0.25) is 0 Å². The molecule has 0 fully saturated rings. The Balaban J connectivity index is 4.18. The highest BCUT2D eigenvalue weighted by Crippen LogP contribution is 2.17. The highest BCUT2D eigenvalue weighted by atomic mass is 16.7. The van der Waals surface area contributed by atoms with Gasteiger partial charge in [-0.05, 0) is 123 Å². The van der Waals surface area contributed by atoms with E-state index in [0.717, 1.165) is 122 Å². The molecule has 0 heterocycles. The first kappa shape index (κ1) is 55.3. The maximum absolute atomic E-state index is 12.6. The van der Waals surface area contributed by atoms with Crippen LogP contribution in [0, 0.1) is 11.8 Å². The number of rotatable bonds is 42. The molecule has 0 aliphatic rings. The van der Waals surface area contributed by atoms with Crippen molar-refractivity contribution >= 4 is 11.9 Å². The molecule has 0 aromatic rings. The first-order chi connectivity index (χ1) is 27.6. The number of aliphatic hydroxyl groups is 1. The van der Waals surface area contributed by atoms with Crippen LogP contribution in [0.5, 0.6) is 0 Å². The molecule has 2 unspecified atom stereocenters. The lowest BCUT2D eigenvalue weighted by Gasteiger charge is -2.21. The molecule has 0 rings (SSSR count). The summed E-state index contributed by atoms with van der Waals surface area (Å²) in [6.45, 7) is 20.5. The van der Waals surface area contributed by atoms with E-state index >= 15 is 0 Å². The molecule has 1 N–H and O–H groups in total. The van der Waals surface area contributed by atoms with Crippen LogP contribution >= 0.6 is 0 Å². The summed E-state index contributed by atoms with van der Waals surface area (Å²) in [4.78, 5) is 27.0. The second-order valence-electron chi connectivity index (χ2n) is 17.3. The lowest BCUT2D eigenvalue weighted by molar-refractivity contribution is -0.161. The highest BCUT2D eigenvalue weighted by molar-refractivity contribution is 5.69. The number of ether oxygens (including phenoxy) is 4. The van der Waals surface area contributed by atoms with Crippen molar-refractivity contribution in [3.05, 3.63) is 23.3 Å². The number of aliphatic hydroxyl groups excluding tert-OH is 1. The van der Waals surface area contributed by atoms with E-state index in [0.29, 0.717) is 64.1 Å². The van der Waals surface area contributed by atoms with Gasteiger partial charge in [0.2, 0.25) is 0 Å². The van der Waals surface area contributed by atoms with E-state index in [1.165, 1.54) is 43.3 Å². The van der Waals surface area contributed by atoms with E-state index in [1.807, 2.05) is 0 Å². The predicted molar refractivity (Wildman–Crippen MR) is 239 cm³/mol. The lowest BCUT2D eigenvalue weighted by atomic mass is 10.0. The molecule has 0 radical (unpaired) electrons. The summed E-state index contributed by atoms with van der Waals surface area (Å²) < 4.78 is 23.4. The standard InChI is InChI=1S/C49H93NO7/c1-8-9-10-11-12-17-22-39-54-47(52)30-19-14-13-15-20-35-50(37-38-51)36-21-16-18-23-40-55-48(53)31-32-49(56-41-33-45(6)28-24-26-43(2)3)57-42-34-46(7)29-25-27-44(4)5/h26-27,45-46,49,51H,8-25,28-42H2,1-7H3. The van der Waals surface area contributed by atoms with Gasteiger partial charge in [0, 0.05) is 32.6 Å². The molecular formula is C49H93NO7. The highest BCUT2D eigenvalue weighted by Gasteiger charge is 2.15. The number of allylic oxidation sites excluding steroid dienone is 4. The van der Waals surface area contributed by atoms with E-state index in [9.17, 15) is 14.7 Å². The summed E-state index contributed by atoms with van der Waals surface area (Å²) in [6.07, 6.45) is 30.1. The number of unbranched alkanes of at least 4 members (excludes halogenated alkanes) is 13. The van der Waals surface area contributed by atoms with Crippen LogP contribution in [0.15, 0.2) is 23.3 Å². The molecule has 0 aliphatic heterocycles. The van der Waals surface area contributed by atoms with Gasteiger partial charge in [-0.3, -0.25) is 9.59 Å². The third-order valence-electron chi connectivity index (χ3n) is 10.8. The minimum absolute atomic E-state index is 0.0445. The maximum Gasteiger partial charge on any atom is 0.305 e. The van der Waals surface area contributed by atoms with Crippen molar-refractivity contribution < 1.29 is 33.6 Å². The molecule has 57 heavy (non-hydrogen) atoms. The van der Waals surface area contributed by atoms with E-state index in [1.54, 1.807) is 0 Å². The topological polar surface area (TPSA) is 94.5 Å². The van der Waals surface area contributed by atoms with Gasteiger partial charge >= 0.3 is 11.9 Å². The van der Waals surface area contributed by atoms with Crippen molar-refractivity contribution in [1.82, 2.24) is 4.90 Å². The first-order valence-corrected chi connectivity index (χ1v) is 23.7. The molecule has 0 aliphatic carbocycles. The molecule has 0 aromatic carbocycles. The quantitative estimate of drug-likeness (QED) is 0.0282. The molecule has 0 aromatic heterocycles. The fourth-order valence-electron chi connectivity index (χ4n) is 6.83. The lowest BCUT2D eigenvalue weighted by Crippen LogP contribution is -2.29. The van der Waals surface area contributed by atoms with Gasteiger partial charge < -0.3 is 29.0 Å². The van der Waals surface area contributed by atoms with Gasteiger partial charge in [-0.25, -0.2) is 0 Å². The Morgan fingerprint density at radius 1 is 0.526 bits per heavy atom. The van der Waals surface area contributed by atoms with Crippen molar-refractivity contribution in [3.63, 3.8) is 0 Å². The summed E-state index contributed by atoms with van der Waals surface area (Å²) in [6, 6.07) is 0. The zero-order valence-corrected chi connectivity index (χ0v) is 38.6. The number of carbonyl (C=O) groups excluding carboxylic acids is 2. The van der Waals surface area contributed by atoms with Crippen LogP contribution in [-0.2, 0) is 28.5 Å². The number of carbonyl (C=O) groups is 2. The van der Waals surface area contributed by atoms with Gasteiger partial charge in [0.25, 0.3) is 0 Å². The maximum atomic E-state index is 12.6. The first-order valence-electron chi connectivity index (χ1n) is 23.7. The van der Waals surface area contributed by atoms with Crippen LogP contribution in [0.25, 0.3) is 0 Å². The fourth-order valence-corrected chi connectivity index (χ4v) is 6.83. The van der Waals surface area contributed by atoms with Gasteiger partial charge in [0.15, 0.2) is 6.29 Å². The number of hydrogen-bond donors (Lipinski definition) is 1. The molecule has 8 heteroatoms. The van der Waals surface area contributed by atoms with Crippen LogP contribution in [0.4, 0.5) is 0 Å². The smallest absolute Gasteiger partial charge is 0.305 e. The summed E-state index contributed by atoms with van der Waals surface area (Å²) in [5.41, 5.74) is 2.73. The van der Waals surface area contributed by atoms with E-state index in [-0.39, 0.29) is 24.8 Å². The summed E-state index contributed by atoms with van der Waals surface area (Å²) in [7, 11) is 0. The third-order valence-corrected chi connectivity index (χ3v) is 10.8. The molecule has 336 valence electrons. The van der Waals surface area contributed by atoms with Crippen molar-refractivity contribution in [2.24, 2.45) is 11.8 Å². The zero-order valence-electron chi connectivity index (χ0n) is 38.6.